The van der Waals surface area contributed by atoms with Crippen molar-refractivity contribution >= 4 is 28.2 Å². The van der Waals surface area contributed by atoms with Gasteiger partial charge < -0.3 is 15.3 Å². The third-order valence-corrected chi connectivity index (χ3v) is 2.67. The summed E-state index contributed by atoms with van der Waals surface area (Å²) >= 11 is 0. The van der Waals surface area contributed by atoms with E-state index in [-0.39, 0.29) is 6.54 Å². The van der Waals surface area contributed by atoms with Gasteiger partial charge in [-0.05, 0) is 23.6 Å². The maximum atomic E-state index is 10.6. The van der Waals surface area contributed by atoms with Gasteiger partial charge in [0.25, 0.3) is 0 Å². The SMILES string of the molecule is CN(C)c1ccc2ccnc(NCC(=O)O)c2c1. The van der Waals surface area contributed by atoms with Crippen molar-refractivity contribution in [1.29, 1.82) is 0 Å². The molecule has 0 fully saturated rings. The summed E-state index contributed by atoms with van der Waals surface area (Å²) in [6, 6.07) is 7.91. The number of aliphatic carboxylic acids is 1. The first-order chi connectivity index (χ1) is 8.58. The van der Waals surface area contributed by atoms with Gasteiger partial charge >= 0.3 is 5.97 Å². The maximum absolute atomic E-state index is 10.6. The maximum Gasteiger partial charge on any atom is 0.322 e. The van der Waals surface area contributed by atoms with Crippen molar-refractivity contribution in [2.45, 2.75) is 0 Å². The van der Waals surface area contributed by atoms with E-state index in [1.54, 1.807) is 6.20 Å². The number of aromatic nitrogens is 1. The predicted molar refractivity (Wildman–Crippen MR) is 72.2 cm³/mol. The van der Waals surface area contributed by atoms with Crippen molar-refractivity contribution in [3.63, 3.8) is 0 Å². The summed E-state index contributed by atoms with van der Waals surface area (Å²) in [6.07, 6.45) is 1.67. The van der Waals surface area contributed by atoms with Crippen LogP contribution in [0.5, 0.6) is 0 Å². The number of pyridine rings is 1. The first kappa shape index (κ1) is 12.2. The van der Waals surface area contributed by atoms with Gasteiger partial charge in [0.15, 0.2) is 0 Å². The molecule has 0 aliphatic rings. The average molecular weight is 245 g/mol. The summed E-state index contributed by atoms with van der Waals surface area (Å²) in [5.74, 6) is -0.309. The Morgan fingerprint density at radius 1 is 1.39 bits per heavy atom. The third kappa shape index (κ3) is 2.51. The van der Waals surface area contributed by atoms with Crippen LogP contribution < -0.4 is 10.2 Å². The van der Waals surface area contributed by atoms with Crippen molar-refractivity contribution in [3.8, 4) is 0 Å². The van der Waals surface area contributed by atoms with Gasteiger partial charge in [-0.25, -0.2) is 4.98 Å². The summed E-state index contributed by atoms with van der Waals surface area (Å²) < 4.78 is 0. The molecule has 0 spiro atoms. The molecule has 0 unspecified atom stereocenters. The van der Waals surface area contributed by atoms with Gasteiger partial charge in [-0.3, -0.25) is 4.79 Å². The van der Waals surface area contributed by atoms with Gasteiger partial charge in [0, 0.05) is 31.4 Å². The van der Waals surface area contributed by atoms with Crippen LogP contribution in [-0.4, -0.2) is 36.7 Å². The molecular weight excluding hydrogens is 230 g/mol. The van der Waals surface area contributed by atoms with E-state index in [0.717, 1.165) is 16.5 Å². The van der Waals surface area contributed by atoms with E-state index in [1.165, 1.54) is 0 Å². The Morgan fingerprint density at radius 3 is 2.83 bits per heavy atom. The number of hydrogen-bond acceptors (Lipinski definition) is 4. The fraction of sp³-hybridized carbons (Fsp3) is 0.231. The minimum Gasteiger partial charge on any atom is -0.480 e. The second kappa shape index (κ2) is 4.91. The molecule has 0 aliphatic heterocycles. The summed E-state index contributed by atoms with van der Waals surface area (Å²) in [6.45, 7) is -0.141. The number of carboxylic acids is 1. The molecule has 2 aromatic rings. The summed E-state index contributed by atoms with van der Waals surface area (Å²) in [5.41, 5.74) is 1.05. The quantitative estimate of drug-likeness (QED) is 0.859. The lowest BCUT2D eigenvalue weighted by Gasteiger charge is -2.14. The molecule has 5 nitrogen and oxygen atoms in total. The second-order valence-electron chi connectivity index (χ2n) is 4.21. The lowest BCUT2D eigenvalue weighted by atomic mass is 10.1. The van der Waals surface area contributed by atoms with Crippen molar-refractivity contribution in [1.82, 2.24) is 4.98 Å². The zero-order valence-electron chi connectivity index (χ0n) is 10.3. The summed E-state index contributed by atoms with van der Waals surface area (Å²) in [4.78, 5) is 16.8. The molecule has 0 saturated carbocycles. The first-order valence-electron chi connectivity index (χ1n) is 5.59. The van der Waals surface area contributed by atoms with Crippen LogP contribution in [0.1, 0.15) is 0 Å². The number of rotatable bonds is 4. The minimum atomic E-state index is -0.905. The van der Waals surface area contributed by atoms with E-state index >= 15 is 0 Å². The molecule has 0 radical (unpaired) electrons. The molecule has 94 valence electrons. The summed E-state index contributed by atoms with van der Waals surface area (Å²) in [5, 5.41) is 13.5. The van der Waals surface area contributed by atoms with E-state index in [2.05, 4.69) is 10.3 Å². The zero-order valence-corrected chi connectivity index (χ0v) is 10.3. The van der Waals surface area contributed by atoms with Gasteiger partial charge in [-0.15, -0.1) is 0 Å². The fourth-order valence-corrected chi connectivity index (χ4v) is 1.73. The number of fused-ring (bicyclic) bond motifs is 1. The van der Waals surface area contributed by atoms with Gasteiger partial charge in [0.1, 0.15) is 12.4 Å². The Kier molecular flexibility index (Phi) is 3.32. The number of carbonyl (C=O) groups is 1. The fourth-order valence-electron chi connectivity index (χ4n) is 1.73. The molecule has 2 N–H and O–H groups in total. The molecule has 0 aliphatic carbocycles. The normalized spacial score (nSPS) is 10.3. The largest absolute Gasteiger partial charge is 0.480 e. The molecule has 18 heavy (non-hydrogen) atoms. The van der Waals surface area contributed by atoms with Crippen LogP contribution in [0.25, 0.3) is 10.8 Å². The Bertz CT molecular complexity index is 581. The highest BCUT2D eigenvalue weighted by atomic mass is 16.4. The zero-order chi connectivity index (χ0) is 13.1. The number of nitrogens with one attached hydrogen (secondary N) is 1. The Labute approximate surface area is 105 Å². The van der Waals surface area contributed by atoms with E-state index in [0.29, 0.717) is 5.82 Å². The van der Waals surface area contributed by atoms with E-state index in [4.69, 9.17) is 5.11 Å². The van der Waals surface area contributed by atoms with Crippen molar-refractivity contribution in [3.05, 3.63) is 30.5 Å². The summed E-state index contributed by atoms with van der Waals surface area (Å²) in [7, 11) is 3.92. The molecular formula is C13H15N3O2. The molecule has 0 saturated heterocycles. The van der Waals surface area contributed by atoms with Crippen molar-refractivity contribution < 1.29 is 9.90 Å². The van der Waals surface area contributed by atoms with Crippen LogP contribution in [-0.2, 0) is 4.79 Å². The van der Waals surface area contributed by atoms with Crippen LogP contribution in [0.3, 0.4) is 0 Å². The van der Waals surface area contributed by atoms with Crippen LogP contribution in [0.4, 0.5) is 11.5 Å². The highest BCUT2D eigenvalue weighted by Gasteiger charge is 2.05. The van der Waals surface area contributed by atoms with Crippen LogP contribution in [0.2, 0.25) is 0 Å². The second-order valence-corrected chi connectivity index (χ2v) is 4.21. The number of carboxylic acid groups (broad SMARTS) is 1. The molecule has 1 heterocycles. The smallest absolute Gasteiger partial charge is 0.322 e. The third-order valence-electron chi connectivity index (χ3n) is 2.67. The predicted octanol–water partition coefficient (Wildman–Crippen LogP) is 1.80. The lowest BCUT2D eigenvalue weighted by Crippen LogP contribution is -2.13. The van der Waals surface area contributed by atoms with E-state index in [9.17, 15) is 4.79 Å². The average Bonchev–Trinajstić information content (AvgIpc) is 2.35. The van der Waals surface area contributed by atoms with Crippen LogP contribution in [0, 0.1) is 0 Å². The number of hydrogen-bond donors (Lipinski definition) is 2. The number of nitrogens with zero attached hydrogens (tertiary/aromatic N) is 2. The van der Waals surface area contributed by atoms with Crippen LogP contribution in [0.15, 0.2) is 30.5 Å². The van der Waals surface area contributed by atoms with Crippen molar-refractivity contribution in [2.24, 2.45) is 0 Å². The van der Waals surface area contributed by atoms with Crippen molar-refractivity contribution in [2.75, 3.05) is 30.9 Å². The Hall–Kier alpha value is -2.30. The highest BCUT2D eigenvalue weighted by molar-refractivity contribution is 5.94. The molecule has 5 heteroatoms. The molecule has 1 aromatic carbocycles. The topological polar surface area (TPSA) is 65.5 Å². The van der Waals surface area contributed by atoms with Gasteiger partial charge in [0.2, 0.25) is 0 Å². The minimum absolute atomic E-state index is 0.141. The van der Waals surface area contributed by atoms with Gasteiger partial charge in [-0.2, -0.15) is 0 Å². The highest BCUT2D eigenvalue weighted by Crippen LogP contribution is 2.25. The molecule has 0 amide bonds. The van der Waals surface area contributed by atoms with Gasteiger partial charge in [-0.1, -0.05) is 6.07 Å². The number of benzene rings is 1. The van der Waals surface area contributed by atoms with E-state index in [1.807, 2.05) is 43.3 Å². The molecule has 0 bridgehead atoms. The van der Waals surface area contributed by atoms with Crippen LogP contribution >= 0.6 is 0 Å². The standard InChI is InChI=1S/C13H15N3O2/c1-16(2)10-4-3-9-5-6-14-13(11(9)7-10)15-8-12(17)18/h3-7H,8H2,1-2H3,(H,14,15)(H,17,18). The molecule has 0 atom stereocenters. The lowest BCUT2D eigenvalue weighted by molar-refractivity contribution is -0.134. The van der Waals surface area contributed by atoms with E-state index < -0.39 is 5.97 Å². The van der Waals surface area contributed by atoms with Gasteiger partial charge in [0.05, 0.1) is 0 Å². The Balaban J connectivity index is 2.45. The number of anilines is 2. The molecule has 2 rings (SSSR count). The Morgan fingerprint density at radius 2 is 2.17 bits per heavy atom. The monoisotopic (exact) mass is 245 g/mol. The first-order valence-corrected chi connectivity index (χ1v) is 5.59. The molecule has 1 aromatic heterocycles.